The molecule has 3 aromatic rings. The number of anilines is 1. The first-order valence-electron chi connectivity index (χ1n) is 8.59. The topological polar surface area (TPSA) is 95.5 Å². The Morgan fingerprint density at radius 1 is 1.21 bits per heavy atom. The Morgan fingerprint density at radius 3 is 2.86 bits per heavy atom. The van der Waals surface area contributed by atoms with Gasteiger partial charge in [-0.3, -0.25) is 10.1 Å². The van der Waals surface area contributed by atoms with Crippen LogP contribution >= 0.6 is 11.3 Å². The van der Waals surface area contributed by atoms with Gasteiger partial charge in [0.15, 0.2) is 5.13 Å². The van der Waals surface area contributed by atoms with Gasteiger partial charge in [0.25, 0.3) is 5.91 Å². The molecule has 0 fully saturated rings. The zero-order valence-corrected chi connectivity index (χ0v) is 16.4. The minimum Gasteiger partial charge on any atom is -0.490 e. The number of thiazole rings is 1. The third-order valence-corrected chi connectivity index (χ3v) is 4.98. The summed E-state index contributed by atoms with van der Waals surface area (Å²) in [7, 11) is 2.88. The number of nitrogens with zero attached hydrogens (tertiary/aromatic N) is 3. The predicted octanol–water partition coefficient (Wildman–Crippen LogP) is 3.19. The summed E-state index contributed by atoms with van der Waals surface area (Å²) in [5.74, 6) is 0.745. The smallest absolute Gasteiger partial charge is 0.320 e. The second-order valence-corrected chi connectivity index (χ2v) is 7.09. The van der Waals surface area contributed by atoms with Crippen molar-refractivity contribution in [1.82, 2.24) is 15.0 Å². The molecule has 1 aliphatic rings. The number of carbonyl (C=O) groups is 1. The number of aromatic nitrogens is 3. The van der Waals surface area contributed by atoms with E-state index in [0.717, 1.165) is 23.4 Å². The molecule has 0 saturated carbocycles. The van der Waals surface area contributed by atoms with Crippen molar-refractivity contribution in [3.63, 3.8) is 0 Å². The fraction of sp³-hybridized carbons (Fsp3) is 0.263. The fourth-order valence-corrected chi connectivity index (χ4v) is 3.64. The minimum atomic E-state index is -0.420. The maximum Gasteiger partial charge on any atom is 0.320 e. The maximum atomic E-state index is 12.5. The Balaban J connectivity index is 1.53. The van der Waals surface area contributed by atoms with Gasteiger partial charge in [0, 0.05) is 23.4 Å². The average molecular weight is 398 g/mol. The second kappa shape index (κ2) is 7.43. The molecule has 9 heteroatoms. The number of methoxy groups -OCH3 is 2. The Hall–Kier alpha value is -3.20. The summed E-state index contributed by atoms with van der Waals surface area (Å²) in [5, 5.41) is 5.13. The molecule has 2 aromatic heterocycles. The number of hydrogen-bond donors (Lipinski definition) is 1. The van der Waals surface area contributed by atoms with Gasteiger partial charge in [-0.15, -0.1) is 11.3 Å². The number of rotatable bonds is 5. The summed E-state index contributed by atoms with van der Waals surface area (Å²) in [6.07, 6.45) is 1.08. The van der Waals surface area contributed by atoms with E-state index in [2.05, 4.69) is 26.3 Å². The summed E-state index contributed by atoms with van der Waals surface area (Å²) >= 11 is 1.34. The van der Waals surface area contributed by atoms with Gasteiger partial charge in [0.2, 0.25) is 5.88 Å². The van der Waals surface area contributed by atoms with Crippen LogP contribution in [0, 0.1) is 0 Å². The average Bonchev–Trinajstić information content (AvgIpc) is 3.32. The Labute approximate surface area is 165 Å². The first-order valence-corrected chi connectivity index (χ1v) is 9.47. The maximum absolute atomic E-state index is 12.5. The van der Waals surface area contributed by atoms with E-state index in [1.165, 1.54) is 37.2 Å². The number of hydrogen-bond acceptors (Lipinski definition) is 8. The van der Waals surface area contributed by atoms with Gasteiger partial charge in [-0.1, -0.05) is 0 Å². The number of carbonyl (C=O) groups excluding carboxylic acids is 1. The monoisotopic (exact) mass is 398 g/mol. The van der Waals surface area contributed by atoms with Crippen molar-refractivity contribution in [2.75, 3.05) is 19.5 Å². The predicted molar refractivity (Wildman–Crippen MR) is 104 cm³/mol. The third kappa shape index (κ3) is 3.61. The summed E-state index contributed by atoms with van der Waals surface area (Å²) in [4.78, 5) is 25.1. The van der Waals surface area contributed by atoms with Gasteiger partial charge < -0.3 is 14.2 Å². The zero-order chi connectivity index (χ0) is 19.7. The molecule has 1 N–H and O–H groups in total. The van der Waals surface area contributed by atoms with Crippen LogP contribution in [0.2, 0.25) is 0 Å². The third-order valence-electron chi connectivity index (χ3n) is 4.22. The molecule has 0 spiro atoms. The van der Waals surface area contributed by atoms with Crippen molar-refractivity contribution in [3.05, 3.63) is 40.9 Å². The molecular formula is C19H18N4O4S. The van der Waals surface area contributed by atoms with Crippen molar-refractivity contribution in [2.45, 2.75) is 19.4 Å². The zero-order valence-electron chi connectivity index (χ0n) is 15.6. The highest BCUT2D eigenvalue weighted by molar-refractivity contribution is 7.14. The van der Waals surface area contributed by atoms with Gasteiger partial charge in [0.1, 0.15) is 17.5 Å². The van der Waals surface area contributed by atoms with E-state index in [1.807, 2.05) is 24.4 Å². The summed E-state index contributed by atoms with van der Waals surface area (Å²) < 4.78 is 15.8. The highest BCUT2D eigenvalue weighted by Gasteiger charge is 2.20. The highest BCUT2D eigenvalue weighted by atomic mass is 32.1. The lowest BCUT2D eigenvalue weighted by atomic mass is 10.1. The van der Waals surface area contributed by atoms with Crippen LogP contribution in [0.25, 0.3) is 11.3 Å². The SMILES string of the molecule is COc1cc(C(=O)Nc2nc(-c3ccc4c(c3)C[C@H](C)O4)cs2)nc(OC)n1. The minimum absolute atomic E-state index is 0.0546. The number of nitrogens with one attached hydrogen (secondary N) is 1. The molecule has 4 rings (SSSR count). The Morgan fingerprint density at radius 2 is 2.07 bits per heavy atom. The van der Waals surface area contributed by atoms with E-state index < -0.39 is 5.91 Å². The molecule has 8 nitrogen and oxygen atoms in total. The molecule has 0 unspecified atom stereocenters. The van der Waals surface area contributed by atoms with Crippen LogP contribution < -0.4 is 19.5 Å². The van der Waals surface area contributed by atoms with E-state index >= 15 is 0 Å². The summed E-state index contributed by atoms with van der Waals surface area (Å²) in [5.41, 5.74) is 3.08. The molecule has 1 aliphatic heterocycles. The quantitative estimate of drug-likeness (QED) is 0.705. The van der Waals surface area contributed by atoms with Gasteiger partial charge in [0.05, 0.1) is 19.9 Å². The lowest BCUT2D eigenvalue weighted by Crippen LogP contribution is -2.14. The molecule has 3 heterocycles. The lowest BCUT2D eigenvalue weighted by Gasteiger charge is -2.05. The molecular weight excluding hydrogens is 380 g/mol. The van der Waals surface area contributed by atoms with Crippen molar-refractivity contribution in [3.8, 4) is 28.9 Å². The molecule has 0 saturated heterocycles. The van der Waals surface area contributed by atoms with Crippen LogP contribution in [0.15, 0.2) is 29.6 Å². The van der Waals surface area contributed by atoms with E-state index in [4.69, 9.17) is 14.2 Å². The Bertz CT molecular complexity index is 1010. The van der Waals surface area contributed by atoms with Crippen molar-refractivity contribution in [1.29, 1.82) is 0 Å². The fourth-order valence-electron chi connectivity index (χ4n) is 2.92. The van der Waals surface area contributed by atoms with Crippen molar-refractivity contribution >= 4 is 22.4 Å². The molecule has 1 amide bonds. The molecule has 0 bridgehead atoms. The molecule has 28 heavy (non-hydrogen) atoms. The first-order chi connectivity index (χ1) is 13.6. The Kier molecular flexibility index (Phi) is 4.82. The summed E-state index contributed by atoms with van der Waals surface area (Å²) in [6.45, 7) is 2.05. The number of amides is 1. The number of benzene rings is 1. The van der Waals surface area contributed by atoms with E-state index in [1.54, 1.807) is 0 Å². The van der Waals surface area contributed by atoms with Gasteiger partial charge in [-0.25, -0.2) is 4.98 Å². The normalized spacial score (nSPS) is 14.9. The molecule has 0 aliphatic carbocycles. The summed E-state index contributed by atoms with van der Waals surface area (Å²) in [6, 6.07) is 7.51. The molecule has 144 valence electrons. The first kappa shape index (κ1) is 18.2. The molecule has 1 atom stereocenters. The van der Waals surface area contributed by atoms with Gasteiger partial charge >= 0.3 is 6.01 Å². The number of ether oxygens (including phenoxy) is 3. The van der Waals surface area contributed by atoms with Gasteiger partial charge in [-0.2, -0.15) is 9.97 Å². The van der Waals surface area contributed by atoms with Crippen LogP contribution in [-0.4, -0.2) is 41.2 Å². The van der Waals surface area contributed by atoms with Crippen LogP contribution in [0.3, 0.4) is 0 Å². The van der Waals surface area contributed by atoms with Crippen LogP contribution in [0.4, 0.5) is 5.13 Å². The van der Waals surface area contributed by atoms with E-state index in [-0.39, 0.29) is 23.7 Å². The van der Waals surface area contributed by atoms with E-state index in [0.29, 0.717) is 5.13 Å². The van der Waals surface area contributed by atoms with Crippen LogP contribution in [0.1, 0.15) is 23.0 Å². The van der Waals surface area contributed by atoms with E-state index in [9.17, 15) is 4.79 Å². The standard InChI is InChI=1S/C19H18N4O4S/c1-10-6-12-7-11(4-5-15(12)27-10)14-9-28-19(21-14)23-17(24)13-8-16(25-2)22-18(20-13)26-3/h4-5,7-10H,6H2,1-3H3,(H,21,23,24)/t10-/m0/s1. The highest BCUT2D eigenvalue weighted by Crippen LogP contribution is 2.34. The number of fused-ring (bicyclic) bond motifs is 1. The largest absolute Gasteiger partial charge is 0.490 e. The van der Waals surface area contributed by atoms with Crippen molar-refractivity contribution < 1.29 is 19.0 Å². The van der Waals surface area contributed by atoms with Crippen LogP contribution in [0.5, 0.6) is 17.6 Å². The second-order valence-electron chi connectivity index (χ2n) is 6.23. The van der Waals surface area contributed by atoms with Gasteiger partial charge in [-0.05, 0) is 30.7 Å². The molecule has 1 aromatic carbocycles. The molecule has 0 radical (unpaired) electrons. The van der Waals surface area contributed by atoms with Crippen LogP contribution in [-0.2, 0) is 6.42 Å². The van der Waals surface area contributed by atoms with Crippen molar-refractivity contribution in [2.24, 2.45) is 0 Å². The lowest BCUT2D eigenvalue weighted by molar-refractivity contribution is 0.102.